The maximum Gasteiger partial charge on any atom is 4.00 e. The third-order valence-electron chi connectivity index (χ3n) is 4.23. The first-order valence-corrected chi connectivity index (χ1v) is 7.55. The van der Waals surface area contributed by atoms with Crippen molar-refractivity contribution in [2.75, 3.05) is 7.11 Å². The fourth-order valence-corrected chi connectivity index (χ4v) is 2.84. The Morgan fingerprint density at radius 1 is 1.04 bits per heavy atom. The first-order chi connectivity index (χ1) is 10.7. The summed E-state index contributed by atoms with van der Waals surface area (Å²) < 4.78 is 5.39. The van der Waals surface area contributed by atoms with Crippen molar-refractivity contribution in [1.29, 1.82) is 0 Å². The molecule has 0 aromatic heterocycles. The molecule has 0 unspecified atom stereocenters. The van der Waals surface area contributed by atoms with Crippen LogP contribution in [0.4, 0.5) is 0 Å². The van der Waals surface area contributed by atoms with Crippen LogP contribution in [0.15, 0.2) is 54.6 Å². The Morgan fingerprint density at radius 3 is 2.32 bits per heavy atom. The van der Waals surface area contributed by atoms with Crippen LogP contribution in [-0.2, 0) is 32.6 Å². The van der Waals surface area contributed by atoms with Gasteiger partial charge < -0.3 is 29.6 Å². The number of hydrogen-bond acceptors (Lipinski definition) is 1. The molecular weight excluding hydrogens is 430 g/mol. The minimum atomic E-state index is 0. The van der Waals surface area contributed by atoms with Gasteiger partial charge in [-0.1, -0.05) is 49.2 Å². The van der Waals surface area contributed by atoms with Crippen molar-refractivity contribution in [3.8, 4) is 16.9 Å². The summed E-state index contributed by atoms with van der Waals surface area (Å²) in [5.74, 6) is 0.952. The van der Waals surface area contributed by atoms with Crippen molar-refractivity contribution < 1.29 is 55.8 Å². The Bertz CT molecular complexity index is 780. The minimum absolute atomic E-state index is 0. The summed E-state index contributed by atoms with van der Waals surface area (Å²) in [7, 11) is 1.72. The molecule has 0 atom stereocenters. The molecule has 1 aliphatic carbocycles. The van der Waals surface area contributed by atoms with Crippen LogP contribution in [0.3, 0.4) is 0 Å². The van der Waals surface area contributed by atoms with Crippen LogP contribution in [0.2, 0.25) is 0 Å². The molecule has 1 aliphatic rings. The molecule has 4 rings (SSSR count). The van der Waals surface area contributed by atoms with Gasteiger partial charge in [-0.2, -0.15) is 29.3 Å². The molecule has 0 amide bonds. The SMILES string of the molecule is COc1cc[c-]c2c1-c1ccccc1C2.Cc1ccc[c-]1C.[Cl-].[Cl-].[Zr+4]. The predicted octanol–water partition coefficient (Wildman–Crippen LogP) is -0.906. The molecular formula is C21H20Cl2OZr. The Labute approximate surface area is 182 Å². The zero-order valence-electron chi connectivity index (χ0n) is 14.6. The Balaban J connectivity index is 0.000000501. The van der Waals surface area contributed by atoms with Crippen LogP contribution in [0.1, 0.15) is 22.3 Å². The van der Waals surface area contributed by atoms with Gasteiger partial charge in [0, 0.05) is 5.75 Å². The average Bonchev–Trinajstić information content (AvgIpc) is 3.11. The molecule has 4 heteroatoms. The second-order valence-corrected chi connectivity index (χ2v) is 5.63. The van der Waals surface area contributed by atoms with Crippen molar-refractivity contribution in [2.45, 2.75) is 20.3 Å². The topological polar surface area (TPSA) is 9.23 Å². The fourth-order valence-electron chi connectivity index (χ4n) is 2.84. The summed E-state index contributed by atoms with van der Waals surface area (Å²) in [6.45, 7) is 4.24. The summed E-state index contributed by atoms with van der Waals surface area (Å²) in [6, 6.07) is 22.0. The molecule has 3 aromatic rings. The smallest absolute Gasteiger partial charge is 1.00 e. The number of rotatable bonds is 1. The second kappa shape index (κ2) is 10.9. The van der Waals surface area contributed by atoms with E-state index in [1.165, 1.54) is 33.4 Å². The zero-order chi connectivity index (χ0) is 15.5. The van der Waals surface area contributed by atoms with Gasteiger partial charge in [0.2, 0.25) is 0 Å². The van der Waals surface area contributed by atoms with E-state index in [1.54, 1.807) is 7.11 Å². The first kappa shape index (κ1) is 24.1. The van der Waals surface area contributed by atoms with Gasteiger partial charge in [0.25, 0.3) is 0 Å². The van der Waals surface area contributed by atoms with Crippen molar-refractivity contribution in [3.63, 3.8) is 0 Å². The van der Waals surface area contributed by atoms with Crippen LogP contribution >= 0.6 is 0 Å². The molecule has 25 heavy (non-hydrogen) atoms. The van der Waals surface area contributed by atoms with Crippen molar-refractivity contribution in [3.05, 3.63) is 82.9 Å². The monoisotopic (exact) mass is 448 g/mol. The van der Waals surface area contributed by atoms with Crippen LogP contribution in [-0.4, -0.2) is 7.11 Å². The Kier molecular flexibility index (Phi) is 10.5. The molecule has 3 aromatic carbocycles. The van der Waals surface area contributed by atoms with Gasteiger partial charge in [-0.05, 0) is 12.0 Å². The summed E-state index contributed by atoms with van der Waals surface area (Å²) in [6.07, 6.45) is 0.975. The molecule has 0 bridgehead atoms. The summed E-state index contributed by atoms with van der Waals surface area (Å²) in [4.78, 5) is 0. The van der Waals surface area contributed by atoms with Gasteiger partial charge in [0.15, 0.2) is 0 Å². The number of aryl methyl sites for hydroxylation is 2. The third kappa shape index (κ3) is 5.27. The van der Waals surface area contributed by atoms with Crippen LogP contribution in [0.25, 0.3) is 11.1 Å². The van der Waals surface area contributed by atoms with Crippen molar-refractivity contribution in [2.24, 2.45) is 0 Å². The van der Waals surface area contributed by atoms with Gasteiger partial charge in [-0.3, -0.25) is 0 Å². The Morgan fingerprint density at radius 2 is 1.76 bits per heavy atom. The average molecular weight is 451 g/mol. The molecule has 0 saturated carbocycles. The van der Waals surface area contributed by atoms with E-state index in [0.717, 1.165) is 12.2 Å². The number of methoxy groups -OCH3 is 1. The molecule has 0 fully saturated rings. The van der Waals surface area contributed by atoms with Gasteiger partial charge in [-0.15, -0.1) is 11.6 Å². The standard InChI is InChI=1S/C14H11O.C7H9.2ClH.Zr/c1-15-13-8-4-6-11-9-10-5-2-3-7-12(10)14(11)13;1-6-4-3-5-7(6)2;;;/h2-5,7-8H,9H2,1H3;3-5H,1-2H3;2*1H;/q2*-1;;;+4/p-2. The normalized spacial score (nSPS) is 9.88. The van der Waals surface area contributed by atoms with E-state index in [1.807, 2.05) is 12.1 Å². The molecule has 0 aliphatic heterocycles. The van der Waals surface area contributed by atoms with Gasteiger partial charge in [0.1, 0.15) is 0 Å². The van der Waals surface area contributed by atoms with Crippen molar-refractivity contribution >= 4 is 0 Å². The largest absolute Gasteiger partial charge is 4.00 e. The predicted molar refractivity (Wildman–Crippen MR) is 91.6 cm³/mol. The van der Waals surface area contributed by atoms with E-state index in [9.17, 15) is 0 Å². The fraction of sp³-hybridized carbons (Fsp3) is 0.190. The summed E-state index contributed by atoms with van der Waals surface area (Å²) in [5.41, 5.74) is 7.90. The van der Waals surface area contributed by atoms with E-state index in [2.05, 4.69) is 62.4 Å². The summed E-state index contributed by atoms with van der Waals surface area (Å²) in [5, 5.41) is 0. The number of fused-ring (bicyclic) bond motifs is 3. The first-order valence-electron chi connectivity index (χ1n) is 7.55. The van der Waals surface area contributed by atoms with E-state index in [0.29, 0.717) is 0 Å². The van der Waals surface area contributed by atoms with E-state index in [-0.39, 0.29) is 51.0 Å². The molecule has 0 radical (unpaired) electrons. The number of hydrogen-bond donors (Lipinski definition) is 0. The third-order valence-corrected chi connectivity index (χ3v) is 4.23. The second-order valence-electron chi connectivity index (χ2n) is 5.63. The quantitative estimate of drug-likeness (QED) is 0.342. The Hall–Kier alpha value is -0.947. The molecule has 0 spiro atoms. The molecule has 0 saturated heterocycles. The molecule has 0 heterocycles. The van der Waals surface area contributed by atoms with E-state index >= 15 is 0 Å². The minimum Gasteiger partial charge on any atom is -1.00 e. The maximum atomic E-state index is 5.39. The van der Waals surface area contributed by atoms with Crippen molar-refractivity contribution in [1.82, 2.24) is 0 Å². The maximum absolute atomic E-state index is 5.39. The molecule has 0 N–H and O–H groups in total. The van der Waals surface area contributed by atoms with Gasteiger partial charge >= 0.3 is 26.2 Å². The molecule has 128 valence electrons. The number of ether oxygens (including phenoxy) is 1. The molecule has 1 nitrogen and oxygen atoms in total. The van der Waals surface area contributed by atoms with Gasteiger partial charge in [-0.25, -0.2) is 12.1 Å². The van der Waals surface area contributed by atoms with E-state index in [4.69, 9.17) is 4.74 Å². The summed E-state index contributed by atoms with van der Waals surface area (Å²) >= 11 is 0. The van der Waals surface area contributed by atoms with Crippen LogP contribution in [0, 0.1) is 19.9 Å². The number of halogens is 2. The van der Waals surface area contributed by atoms with Gasteiger partial charge in [0.05, 0.1) is 7.11 Å². The van der Waals surface area contributed by atoms with Crippen LogP contribution < -0.4 is 29.6 Å². The van der Waals surface area contributed by atoms with E-state index < -0.39 is 0 Å². The van der Waals surface area contributed by atoms with Crippen LogP contribution in [0.5, 0.6) is 5.75 Å². The zero-order valence-corrected chi connectivity index (χ0v) is 18.5. The number of benzene rings is 2.